The van der Waals surface area contributed by atoms with Crippen LogP contribution in [0.5, 0.6) is 0 Å². The molecule has 1 atom stereocenters. The van der Waals surface area contributed by atoms with Crippen LogP contribution in [0.3, 0.4) is 0 Å². The zero-order valence-corrected chi connectivity index (χ0v) is 8.46. The van der Waals surface area contributed by atoms with Crippen molar-refractivity contribution in [2.75, 3.05) is 0 Å². The van der Waals surface area contributed by atoms with Crippen LogP contribution in [-0.4, -0.2) is 27.1 Å². The number of carbonyl (C=O) groups is 2. The summed E-state index contributed by atoms with van der Waals surface area (Å²) in [5, 5.41) is 18.1. The number of carboxylic acid groups (broad SMARTS) is 2. The van der Waals surface area contributed by atoms with Gasteiger partial charge in [0.05, 0.1) is 16.6 Å². The van der Waals surface area contributed by atoms with Crippen LogP contribution >= 0.6 is 11.3 Å². The van der Waals surface area contributed by atoms with Gasteiger partial charge in [0.2, 0.25) is 0 Å². The maximum absolute atomic E-state index is 10.7. The van der Waals surface area contributed by atoms with Crippen molar-refractivity contribution in [2.45, 2.75) is 19.8 Å². The molecule has 0 aromatic carbocycles. The highest BCUT2D eigenvalue weighted by molar-refractivity contribution is 7.13. The zero-order valence-electron chi connectivity index (χ0n) is 7.64. The summed E-state index contributed by atoms with van der Waals surface area (Å²) in [6.45, 7) is 3.07. The molecular weight excluding hydrogens is 206 g/mol. The van der Waals surface area contributed by atoms with Crippen molar-refractivity contribution in [3.8, 4) is 0 Å². The van der Waals surface area contributed by atoms with Gasteiger partial charge in [-0.2, -0.15) is 0 Å². The summed E-state index contributed by atoms with van der Waals surface area (Å²) >= 11 is 0.994. The third-order valence-corrected chi connectivity index (χ3v) is 2.71. The van der Waals surface area contributed by atoms with Crippen molar-refractivity contribution < 1.29 is 19.8 Å². The maximum Gasteiger partial charge on any atom is 0.347 e. The van der Waals surface area contributed by atoms with E-state index in [1.54, 1.807) is 6.92 Å². The third-order valence-electron chi connectivity index (χ3n) is 1.74. The smallest absolute Gasteiger partial charge is 0.347 e. The van der Waals surface area contributed by atoms with E-state index in [2.05, 4.69) is 4.98 Å². The quantitative estimate of drug-likeness (QED) is 0.794. The van der Waals surface area contributed by atoms with Crippen molar-refractivity contribution in [3.63, 3.8) is 0 Å². The Hall–Kier alpha value is -1.43. The van der Waals surface area contributed by atoms with Gasteiger partial charge in [0.15, 0.2) is 0 Å². The maximum atomic E-state index is 10.7. The first kappa shape index (κ1) is 10.6. The Kier molecular flexibility index (Phi) is 2.85. The summed E-state index contributed by atoms with van der Waals surface area (Å²) in [5.74, 6) is -3.08. The minimum absolute atomic E-state index is 0.0115. The largest absolute Gasteiger partial charge is 0.481 e. The highest BCUT2D eigenvalue weighted by Gasteiger charge is 2.24. The molecule has 76 valence electrons. The second kappa shape index (κ2) is 3.75. The summed E-state index contributed by atoms with van der Waals surface area (Å²) in [5.41, 5.74) is 0.132. The van der Waals surface area contributed by atoms with E-state index in [0.717, 1.165) is 11.3 Å². The Bertz CT molecular complexity index is 385. The molecule has 0 aliphatic rings. The SMILES string of the molecule is Cc1nc(C(C)C(=O)O)c(C(=O)O)s1. The van der Waals surface area contributed by atoms with Gasteiger partial charge < -0.3 is 10.2 Å². The molecule has 1 aromatic rings. The molecule has 0 amide bonds. The number of aliphatic carboxylic acids is 1. The van der Waals surface area contributed by atoms with Crippen LogP contribution in [-0.2, 0) is 4.79 Å². The molecule has 0 aliphatic heterocycles. The fourth-order valence-electron chi connectivity index (χ4n) is 1.01. The molecule has 0 saturated heterocycles. The van der Waals surface area contributed by atoms with E-state index in [0.29, 0.717) is 5.01 Å². The highest BCUT2D eigenvalue weighted by Crippen LogP contribution is 2.25. The Morgan fingerprint density at radius 2 is 2.00 bits per heavy atom. The summed E-state index contributed by atoms with van der Waals surface area (Å²) in [6.07, 6.45) is 0. The predicted octanol–water partition coefficient (Wildman–Crippen LogP) is 1.34. The van der Waals surface area contributed by atoms with Crippen LogP contribution in [0.4, 0.5) is 0 Å². The van der Waals surface area contributed by atoms with Crippen LogP contribution in [0.25, 0.3) is 0 Å². The number of nitrogens with zero attached hydrogens (tertiary/aromatic N) is 1. The van der Waals surface area contributed by atoms with Crippen molar-refractivity contribution in [3.05, 3.63) is 15.6 Å². The topological polar surface area (TPSA) is 87.5 Å². The summed E-state index contributed by atoms with van der Waals surface area (Å²) in [7, 11) is 0. The molecule has 0 aliphatic carbocycles. The number of rotatable bonds is 3. The lowest BCUT2D eigenvalue weighted by molar-refractivity contribution is -0.138. The average molecular weight is 215 g/mol. The van der Waals surface area contributed by atoms with E-state index in [9.17, 15) is 9.59 Å². The van der Waals surface area contributed by atoms with Crippen LogP contribution in [0, 0.1) is 6.92 Å². The lowest BCUT2D eigenvalue weighted by Crippen LogP contribution is -2.11. The van der Waals surface area contributed by atoms with Gasteiger partial charge in [-0.05, 0) is 13.8 Å². The summed E-state index contributed by atoms with van der Waals surface area (Å²) in [6, 6.07) is 0. The van der Waals surface area contributed by atoms with E-state index in [-0.39, 0.29) is 10.6 Å². The molecule has 1 heterocycles. The monoisotopic (exact) mass is 215 g/mol. The van der Waals surface area contributed by atoms with Crippen LogP contribution in [0.2, 0.25) is 0 Å². The molecule has 1 unspecified atom stereocenters. The van der Waals surface area contributed by atoms with Crippen LogP contribution in [0.15, 0.2) is 0 Å². The van der Waals surface area contributed by atoms with E-state index in [1.807, 2.05) is 0 Å². The molecule has 2 N–H and O–H groups in total. The summed E-state index contributed by atoms with van der Waals surface area (Å²) < 4.78 is 0. The average Bonchev–Trinajstić information content (AvgIpc) is 2.45. The van der Waals surface area contributed by atoms with Gasteiger partial charge in [-0.1, -0.05) is 0 Å². The van der Waals surface area contributed by atoms with E-state index in [4.69, 9.17) is 10.2 Å². The molecule has 6 heteroatoms. The van der Waals surface area contributed by atoms with Crippen LogP contribution in [0.1, 0.15) is 33.2 Å². The molecule has 1 aromatic heterocycles. The second-order valence-corrected chi connectivity index (χ2v) is 4.02. The number of aromatic nitrogens is 1. The fourth-order valence-corrected chi connectivity index (χ4v) is 1.86. The number of aromatic carboxylic acids is 1. The third kappa shape index (κ3) is 1.90. The molecule has 0 spiro atoms. The Morgan fingerprint density at radius 3 is 2.43 bits per heavy atom. The first-order valence-corrected chi connectivity index (χ1v) is 4.68. The minimum Gasteiger partial charge on any atom is -0.481 e. The van der Waals surface area contributed by atoms with Gasteiger partial charge in [-0.3, -0.25) is 4.79 Å². The molecule has 14 heavy (non-hydrogen) atoms. The Morgan fingerprint density at radius 1 is 1.43 bits per heavy atom. The molecular formula is C8H9NO4S. The molecule has 0 saturated carbocycles. The van der Waals surface area contributed by atoms with Gasteiger partial charge in [0.25, 0.3) is 0 Å². The van der Waals surface area contributed by atoms with E-state index in [1.165, 1.54) is 6.92 Å². The number of carboxylic acids is 2. The second-order valence-electron chi connectivity index (χ2n) is 2.81. The number of hydrogen-bond acceptors (Lipinski definition) is 4. The standard InChI is InChI=1S/C8H9NO4S/c1-3(7(10)11)5-6(8(12)13)14-4(2)9-5/h3H,1-2H3,(H,10,11)(H,12,13). The van der Waals surface area contributed by atoms with Gasteiger partial charge >= 0.3 is 11.9 Å². The molecule has 5 nitrogen and oxygen atoms in total. The fraction of sp³-hybridized carbons (Fsp3) is 0.375. The molecule has 0 fully saturated rings. The van der Waals surface area contributed by atoms with Gasteiger partial charge in [-0.25, -0.2) is 9.78 Å². The van der Waals surface area contributed by atoms with Crippen LogP contribution < -0.4 is 0 Å². The van der Waals surface area contributed by atoms with Crippen molar-refractivity contribution in [2.24, 2.45) is 0 Å². The molecule has 0 bridgehead atoms. The minimum atomic E-state index is -1.13. The van der Waals surface area contributed by atoms with Gasteiger partial charge in [0.1, 0.15) is 4.88 Å². The lowest BCUT2D eigenvalue weighted by Gasteiger charge is -2.02. The van der Waals surface area contributed by atoms with E-state index >= 15 is 0 Å². The summed E-state index contributed by atoms with van der Waals surface area (Å²) in [4.78, 5) is 25.3. The first-order valence-electron chi connectivity index (χ1n) is 3.87. The Balaban J connectivity index is 3.19. The number of aryl methyl sites for hydroxylation is 1. The van der Waals surface area contributed by atoms with Gasteiger partial charge in [-0.15, -0.1) is 11.3 Å². The predicted molar refractivity (Wildman–Crippen MR) is 49.9 cm³/mol. The van der Waals surface area contributed by atoms with Crippen molar-refractivity contribution >= 4 is 23.3 Å². The first-order chi connectivity index (χ1) is 6.43. The van der Waals surface area contributed by atoms with Gasteiger partial charge in [0, 0.05) is 0 Å². The molecule has 1 rings (SSSR count). The Labute approximate surface area is 84.0 Å². The molecule has 0 radical (unpaired) electrons. The lowest BCUT2D eigenvalue weighted by atomic mass is 10.1. The van der Waals surface area contributed by atoms with E-state index < -0.39 is 17.9 Å². The zero-order chi connectivity index (χ0) is 10.9. The highest BCUT2D eigenvalue weighted by atomic mass is 32.1. The number of hydrogen-bond donors (Lipinski definition) is 2. The van der Waals surface area contributed by atoms with Crippen molar-refractivity contribution in [1.82, 2.24) is 4.98 Å². The number of thiazole rings is 1. The normalized spacial score (nSPS) is 12.4. The van der Waals surface area contributed by atoms with Crippen molar-refractivity contribution in [1.29, 1.82) is 0 Å².